The molecule has 23 heavy (non-hydrogen) atoms. The van der Waals surface area contributed by atoms with Crippen LogP contribution in [-0.2, 0) is 4.74 Å². The monoisotopic (exact) mass is 310 g/mol. The molecule has 6 nitrogen and oxygen atoms in total. The Balaban J connectivity index is 1.66. The number of piperidine rings is 1. The van der Waals surface area contributed by atoms with Gasteiger partial charge in [-0.15, -0.1) is 0 Å². The van der Waals surface area contributed by atoms with Crippen molar-refractivity contribution in [2.24, 2.45) is 0 Å². The van der Waals surface area contributed by atoms with Gasteiger partial charge in [0.1, 0.15) is 0 Å². The predicted molar refractivity (Wildman–Crippen MR) is 86.1 cm³/mol. The Kier molecular flexibility index (Phi) is 3.77. The number of hydrogen-bond acceptors (Lipinski definition) is 6. The Morgan fingerprint density at radius 3 is 3.13 bits per heavy atom. The van der Waals surface area contributed by atoms with E-state index in [1.807, 2.05) is 30.3 Å². The maximum absolute atomic E-state index is 5.53. The van der Waals surface area contributed by atoms with Crippen molar-refractivity contribution in [1.29, 1.82) is 0 Å². The average molecular weight is 310 g/mol. The van der Waals surface area contributed by atoms with Crippen molar-refractivity contribution in [1.82, 2.24) is 20.4 Å². The molecule has 2 atom stereocenters. The summed E-state index contributed by atoms with van der Waals surface area (Å²) in [6.45, 7) is 1.73. The van der Waals surface area contributed by atoms with Gasteiger partial charge in [-0.05, 0) is 25.1 Å². The van der Waals surface area contributed by atoms with Crippen molar-refractivity contribution in [3.05, 3.63) is 42.4 Å². The fourth-order valence-electron chi connectivity index (χ4n) is 3.06. The lowest BCUT2D eigenvalue weighted by atomic mass is 9.95. The van der Waals surface area contributed by atoms with Gasteiger partial charge in [-0.25, -0.2) is 0 Å². The van der Waals surface area contributed by atoms with Crippen molar-refractivity contribution in [3.63, 3.8) is 0 Å². The summed E-state index contributed by atoms with van der Waals surface area (Å²) >= 11 is 0. The predicted octanol–water partition coefficient (Wildman–Crippen LogP) is 2.38. The van der Waals surface area contributed by atoms with E-state index in [9.17, 15) is 0 Å². The highest BCUT2D eigenvalue weighted by Gasteiger charge is 2.31. The molecule has 0 amide bonds. The van der Waals surface area contributed by atoms with Crippen LogP contribution in [0.2, 0.25) is 0 Å². The third-order valence-electron chi connectivity index (χ3n) is 4.34. The third kappa shape index (κ3) is 2.71. The van der Waals surface area contributed by atoms with Crippen LogP contribution in [0.3, 0.4) is 0 Å². The van der Waals surface area contributed by atoms with E-state index in [2.05, 4.69) is 20.4 Å². The van der Waals surface area contributed by atoms with E-state index in [-0.39, 0.29) is 12.0 Å². The molecular formula is C17H18N4O2. The van der Waals surface area contributed by atoms with Crippen LogP contribution in [-0.4, -0.2) is 41.4 Å². The molecule has 0 spiro atoms. The summed E-state index contributed by atoms with van der Waals surface area (Å²) in [5, 5.41) is 8.52. The number of methoxy groups -OCH3 is 1. The fourth-order valence-corrected chi connectivity index (χ4v) is 3.06. The molecule has 4 rings (SSSR count). The summed E-state index contributed by atoms with van der Waals surface area (Å²) in [6, 6.07) is 10.0. The molecule has 1 aliphatic rings. The average Bonchev–Trinajstić information content (AvgIpc) is 3.11. The molecule has 1 fully saturated rings. The van der Waals surface area contributed by atoms with E-state index < -0.39 is 0 Å². The number of benzene rings is 1. The topological polar surface area (TPSA) is 73.1 Å². The van der Waals surface area contributed by atoms with Crippen molar-refractivity contribution < 1.29 is 9.26 Å². The molecule has 3 heterocycles. The van der Waals surface area contributed by atoms with Gasteiger partial charge in [-0.2, -0.15) is 4.98 Å². The minimum Gasteiger partial charge on any atom is -0.379 e. The quantitative estimate of drug-likeness (QED) is 0.800. The highest BCUT2D eigenvalue weighted by molar-refractivity contribution is 5.82. The standard InChI is InChI=1S/C17H18N4O2/c1-22-15-10-18-7-6-13(15)17-20-16(21-23-17)12-8-11-4-2-3-5-14(11)19-9-12/h2-5,8-9,13,15,18H,6-7,10H2,1H3. The lowest BCUT2D eigenvalue weighted by Gasteiger charge is -2.28. The number of para-hydroxylation sites is 1. The molecule has 118 valence electrons. The molecule has 2 unspecified atom stereocenters. The number of nitrogens with zero attached hydrogens (tertiary/aromatic N) is 3. The van der Waals surface area contributed by atoms with Gasteiger partial charge < -0.3 is 14.6 Å². The van der Waals surface area contributed by atoms with Crippen LogP contribution < -0.4 is 5.32 Å². The zero-order valence-electron chi connectivity index (χ0n) is 12.9. The Morgan fingerprint density at radius 1 is 1.30 bits per heavy atom. The molecule has 0 aliphatic carbocycles. The second-order valence-corrected chi connectivity index (χ2v) is 5.75. The van der Waals surface area contributed by atoms with Crippen molar-refractivity contribution in [3.8, 4) is 11.4 Å². The van der Waals surface area contributed by atoms with E-state index >= 15 is 0 Å². The Morgan fingerprint density at radius 2 is 2.22 bits per heavy atom. The van der Waals surface area contributed by atoms with Gasteiger partial charge in [0, 0.05) is 30.8 Å². The van der Waals surface area contributed by atoms with Crippen LogP contribution in [0.5, 0.6) is 0 Å². The van der Waals surface area contributed by atoms with Crippen molar-refractivity contribution >= 4 is 10.9 Å². The number of aromatic nitrogens is 3. The van der Waals surface area contributed by atoms with Gasteiger partial charge in [-0.1, -0.05) is 23.4 Å². The summed E-state index contributed by atoms with van der Waals surface area (Å²) in [4.78, 5) is 9.04. The number of fused-ring (bicyclic) bond motifs is 1. The first-order valence-electron chi connectivity index (χ1n) is 7.77. The lowest BCUT2D eigenvalue weighted by Crippen LogP contribution is -2.40. The van der Waals surface area contributed by atoms with E-state index in [4.69, 9.17) is 9.26 Å². The number of ether oxygens (including phenoxy) is 1. The van der Waals surface area contributed by atoms with E-state index in [0.29, 0.717) is 11.7 Å². The highest BCUT2D eigenvalue weighted by Crippen LogP contribution is 2.28. The molecule has 1 saturated heterocycles. The second-order valence-electron chi connectivity index (χ2n) is 5.75. The zero-order valence-corrected chi connectivity index (χ0v) is 12.9. The molecule has 3 aromatic rings. The Bertz CT molecular complexity index is 817. The first kappa shape index (κ1) is 14.3. The second kappa shape index (κ2) is 6.06. The molecule has 0 bridgehead atoms. The van der Waals surface area contributed by atoms with Crippen molar-refractivity contribution in [2.45, 2.75) is 18.4 Å². The van der Waals surface area contributed by atoms with Gasteiger partial charge in [-0.3, -0.25) is 4.98 Å². The fraction of sp³-hybridized carbons (Fsp3) is 0.353. The third-order valence-corrected chi connectivity index (χ3v) is 4.34. The van der Waals surface area contributed by atoms with Crippen LogP contribution in [0.15, 0.2) is 41.1 Å². The minimum atomic E-state index is 0.0618. The van der Waals surface area contributed by atoms with Crippen molar-refractivity contribution in [2.75, 3.05) is 20.2 Å². The molecular weight excluding hydrogens is 292 g/mol. The Hall–Kier alpha value is -2.31. The first-order chi connectivity index (χ1) is 11.3. The molecule has 0 saturated carbocycles. The summed E-state index contributed by atoms with van der Waals surface area (Å²) in [6.07, 6.45) is 2.77. The molecule has 1 N–H and O–H groups in total. The first-order valence-corrected chi connectivity index (χ1v) is 7.77. The van der Waals surface area contributed by atoms with E-state index in [1.165, 1.54) is 0 Å². The SMILES string of the molecule is COC1CNCCC1c1nc(-c2cnc3ccccc3c2)no1. The normalized spacial score (nSPS) is 21.6. The van der Waals surface area contributed by atoms with E-state index in [0.717, 1.165) is 36.0 Å². The summed E-state index contributed by atoms with van der Waals surface area (Å²) < 4.78 is 11.0. The molecule has 2 aromatic heterocycles. The molecule has 1 aromatic carbocycles. The number of hydrogen-bond donors (Lipinski definition) is 1. The van der Waals surface area contributed by atoms with Gasteiger partial charge in [0.05, 0.1) is 17.5 Å². The smallest absolute Gasteiger partial charge is 0.232 e. The molecule has 0 radical (unpaired) electrons. The summed E-state index contributed by atoms with van der Waals surface area (Å²) in [7, 11) is 1.72. The number of pyridine rings is 1. The van der Waals surface area contributed by atoms with Crippen LogP contribution >= 0.6 is 0 Å². The summed E-state index contributed by atoms with van der Waals surface area (Å²) in [5.41, 5.74) is 1.82. The Labute approximate surface area is 133 Å². The molecule has 1 aliphatic heterocycles. The number of rotatable bonds is 3. The number of nitrogens with one attached hydrogen (secondary N) is 1. The summed E-state index contributed by atoms with van der Waals surface area (Å²) in [5.74, 6) is 1.35. The lowest BCUT2D eigenvalue weighted by molar-refractivity contribution is 0.0520. The maximum atomic E-state index is 5.53. The van der Waals surface area contributed by atoms with Crippen LogP contribution in [0.1, 0.15) is 18.2 Å². The maximum Gasteiger partial charge on any atom is 0.232 e. The van der Waals surface area contributed by atoms with E-state index in [1.54, 1.807) is 13.3 Å². The van der Waals surface area contributed by atoms with Gasteiger partial charge in [0.15, 0.2) is 0 Å². The van der Waals surface area contributed by atoms with Gasteiger partial charge in [0.2, 0.25) is 11.7 Å². The van der Waals surface area contributed by atoms with Gasteiger partial charge in [0.25, 0.3) is 0 Å². The van der Waals surface area contributed by atoms with Crippen LogP contribution in [0, 0.1) is 0 Å². The van der Waals surface area contributed by atoms with Crippen LogP contribution in [0.25, 0.3) is 22.3 Å². The van der Waals surface area contributed by atoms with Gasteiger partial charge >= 0.3 is 0 Å². The molecule has 6 heteroatoms. The minimum absolute atomic E-state index is 0.0618. The van der Waals surface area contributed by atoms with Crippen LogP contribution in [0.4, 0.5) is 0 Å². The highest BCUT2D eigenvalue weighted by atomic mass is 16.5. The zero-order chi connectivity index (χ0) is 15.6. The largest absolute Gasteiger partial charge is 0.379 e.